The second-order valence-electron chi connectivity index (χ2n) is 4.34. The maximum atomic E-state index is 11.7. The van der Waals surface area contributed by atoms with E-state index in [9.17, 15) is 14.7 Å². The van der Waals surface area contributed by atoms with Gasteiger partial charge in [0.25, 0.3) is 0 Å². The van der Waals surface area contributed by atoms with E-state index in [1.165, 1.54) is 0 Å². The van der Waals surface area contributed by atoms with Crippen molar-refractivity contribution in [1.82, 2.24) is 10.6 Å². The van der Waals surface area contributed by atoms with Crippen LogP contribution >= 0.6 is 0 Å². The normalized spacial score (nSPS) is 27.5. The Bertz CT molecular complexity index is 305. The fourth-order valence-corrected chi connectivity index (χ4v) is 1.56. The van der Waals surface area contributed by atoms with Gasteiger partial charge in [0.1, 0.15) is 0 Å². The van der Waals surface area contributed by atoms with Crippen molar-refractivity contribution in [2.75, 3.05) is 26.8 Å². The molecule has 0 aromatic rings. The molecule has 0 aliphatic carbocycles. The van der Waals surface area contributed by atoms with Gasteiger partial charge in [-0.2, -0.15) is 0 Å². The Morgan fingerprint density at radius 1 is 1.47 bits per heavy atom. The molecule has 1 heterocycles. The van der Waals surface area contributed by atoms with Crippen LogP contribution in [0.25, 0.3) is 0 Å². The van der Waals surface area contributed by atoms with Gasteiger partial charge >= 0.3 is 5.97 Å². The Morgan fingerprint density at radius 2 is 2.12 bits per heavy atom. The predicted molar refractivity (Wildman–Crippen MR) is 58.4 cm³/mol. The highest BCUT2D eigenvalue weighted by Crippen LogP contribution is 2.13. The molecular weight excluding hydrogens is 228 g/mol. The van der Waals surface area contributed by atoms with Crippen molar-refractivity contribution < 1.29 is 24.5 Å². The number of aliphatic carboxylic acids is 1. The molecule has 3 unspecified atom stereocenters. The lowest BCUT2D eigenvalue weighted by Crippen LogP contribution is -2.50. The Morgan fingerprint density at radius 3 is 2.65 bits per heavy atom. The number of carbonyl (C=O) groups is 2. The molecule has 7 nitrogen and oxygen atoms in total. The van der Waals surface area contributed by atoms with Crippen molar-refractivity contribution in [1.29, 1.82) is 0 Å². The van der Waals surface area contributed by atoms with Gasteiger partial charge in [-0.15, -0.1) is 0 Å². The van der Waals surface area contributed by atoms with Crippen LogP contribution in [0, 0.1) is 5.92 Å². The monoisotopic (exact) mass is 246 g/mol. The van der Waals surface area contributed by atoms with E-state index in [0.717, 1.165) is 6.92 Å². The number of carboxylic acids is 1. The van der Waals surface area contributed by atoms with Gasteiger partial charge in [-0.3, -0.25) is 4.79 Å². The minimum atomic E-state index is -1.95. The molecule has 1 aliphatic heterocycles. The van der Waals surface area contributed by atoms with Crippen molar-refractivity contribution in [2.24, 2.45) is 5.92 Å². The van der Waals surface area contributed by atoms with E-state index in [4.69, 9.17) is 9.84 Å². The Labute approximate surface area is 99.1 Å². The highest BCUT2D eigenvalue weighted by atomic mass is 16.5. The van der Waals surface area contributed by atoms with Gasteiger partial charge in [0, 0.05) is 6.04 Å². The molecule has 1 aliphatic rings. The lowest BCUT2D eigenvalue weighted by Gasteiger charge is -2.21. The fraction of sp³-hybridized carbons (Fsp3) is 0.800. The van der Waals surface area contributed by atoms with Gasteiger partial charge in [0.2, 0.25) is 5.91 Å². The third kappa shape index (κ3) is 3.39. The molecule has 0 bridgehead atoms. The first-order valence-electron chi connectivity index (χ1n) is 5.37. The molecule has 0 aromatic carbocycles. The van der Waals surface area contributed by atoms with Gasteiger partial charge in [-0.05, 0) is 14.0 Å². The van der Waals surface area contributed by atoms with E-state index < -0.39 is 11.6 Å². The van der Waals surface area contributed by atoms with Gasteiger partial charge in [0.05, 0.1) is 25.7 Å². The minimum Gasteiger partial charge on any atom is -0.479 e. The topological polar surface area (TPSA) is 108 Å². The summed E-state index contributed by atoms with van der Waals surface area (Å²) in [4.78, 5) is 22.4. The molecule has 1 amide bonds. The van der Waals surface area contributed by atoms with E-state index >= 15 is 0 Å². The molecule has 1 rings (SSSR count). The number of amides is 1. The molecule has 0 spiro atoms. The van der Waals surface area contributed by atoms with Gasteiger partial charge in [0.15, 0.2) is 5.60 Å². The molecular formula is C10H18N2O5. The van der Waals surface area contributed by atoms with Crippen molar-refractivity contribution in [2.45, 2.75) is 18.6 Å². The summed E-state index contributed by atoms with van der Waals surface area (Å²) in [6.45, 7) is 1.56. The second-order valence-corrected chi connectivity index (χ2v) is 4.34. The Balaban J connectivity index is 2.47. The smallest absolute Gasteiger partial charge is 0.337 e. The van der Waals surface area contributed by atoms with Crippen LogP contribution in [0.3, 0.4) is 0 Å². The second kappa shape index (κ2) is 5.44. The summed E-state index contributed by atoms with van der Waals surface area (Å²) in [5.74, 6) is -2.04. The van der Waals surface area contributed by atoms with E-state index in [-0.39, 0.29) is 24.4 Å². The maximum Gasteiger partial charge on any atom is 0.337 e. The van der Waals surface area contributed by atoms with Crippen LogP contribution in [-0.2, 0) is 14.3 Å². The van der Waals surface area contributed by atoms with Crippen molar-refractivity contribution in [3.8, 4) is 0 Å². The molecule has 17 heavy (non-hydrogen) atoms. The quantitative estimate of drug-likeness (QED) is 0.454. The summed E-state index contributed by atoms with van der Waals surface area (Å²) < 4.78 is 5.16. The zero-order chi connectivity index (χ0) is 13.1. The predicted octanol–water partition coefficient (Wildman–Crippen LogP) is -1.83. The zero-order valence-electron chi connectivity index (χ0n) is 9.90. The lowest BCUT2D eigenvalue weighted by molar-refractivity contribution is -0.156. The van der Waals surface area contributed by atoms with Crippen LogP contribution in [-0.4, -0.2) is 60.5 Å². The average molecular weight is 246 g/mol. The van der Waals surface area contributed by atoms with E-state index in [1.54, 1.807) is 7.05 Å². The fourth-order valence-electron chi connectivity index (χ4n) is 1.56. The first kappa shape index (κ1) is 13.9. The average Bonchev–Trinajstić information content (AvgIpc) is 2.73. The molecule has 1 saturated heterocycles. The van der Waals surface area contributed by atoms with Crippen LogP contribution in [0.2, 0.25) is 0 Å². The molecule has 0 saturated carbocycles. The molecule has 0 radical (unpaired) electrons. The van der Waals surface area contributed by atoms with Gasteiger partial charge in [-0.1, -0.05) is 0 Å². The Kier molecular flexibility index (Phi) is 4.44. The van der Waals surface area contributed by atoms with Gasteiger partial charge < -0.3 is 25.6 Å². The molecule has 4 N–H and O–H groups in total. The number of ether oxygens (including phenoxy) is 1. The zero-order valence-corrected chi connectivity index (χ0v) is 9.90. The molecule has 98 valence electrons. The van der Waals surface area contributed by atoms with Crippen molar-refractivity contribution in [3.63, 3.8) is 0 Å². The summed E-state index contributed by atoms with van der Waals surface area (Å²) in [7, 11) is 1.73. The van der Waals surface area contributed by atoms with Crippen LogP contribution in [0.4, 0.5) is 0 Å². The standard InChI is InChI=1S/C10H18N2O5/c1-10(16,9(14)15)5-12-8(13)6-3-17-4-7(6)11-2/h6-7,11,16H,3-5H2,1-2H3,(H,12,13)(H,14,15). The summed E-state index contributed by atoms with van der Waals surface area (Å²) in [6, 6.07) is -0.0789. The van der Waals surface area contributed by atoms with Crippen molar-refractivity contribution in [3.05, 3.63) is 0 Å². The molecule has 0 aromatic heterocycles. The van der Waals surface area contributed by atoms with Crippen LogP contribution in [0.1, 0.15) is 6.92 Å². The third-order valence-electron chi connectivity index (χ3n) is 2.86. The number of aliphatic hydroxyl groups is 1. The first-order valence-corrected chi connectivity index (χ1v) is 5.37. The number of hydrogen-bond acceptors (Lipinski definition) is 5. The molecule has 3 atom stereocenters. The number of nitrogens with one attached hydrogen (secondary N) is 2. The van der Waals surface area contributed by atoms with E-state index in [2.05, 4.69) is 10.6 Å². The highest BCUT2D eigenvalue weighted by Gasteiger charge is 2.35. The number of likely N-dealkylation sites (N-methyl/N-ethyl adjacent to an activating group) is 1. The summed E-state index contributed by atoms with van der Waals surface area (Å²) in [5, 5.41) is 23.5. The number of carboxylic acid groups (broad SMARTS) is 1. The van der Waals surface area contributed by atoms with Crippen molar-refractivity contribution >= 4 is 11.9 Å². The summed E-state index contributed by atoms with van der Waals surface area (Å²) >= 11 is 0. The highest BCUT2D eigenvalue weighted by molar-refractivity contribution is 5.82. The number of hydrogen-bond donors (Lipinski definition) is 4. The summed E-state index contributed by atoms with van der Waals surface area (Å²) in [6.07, 6.45) is 0. The first-order chi connectivity index (χ1) is 7.88. The van der Waals surface area contributed by atoms with E-state index in [1.807, 2.05) is 0 Å². The Hall–Kier alpha value is -1.18. The molecule has 1 fully saturated rings. The maximum absolute atomic E-state index is 11.7. The van der Waals surface area contributed by atoms with Crippen LogP contribution in [0.5, 0.6) is 0 Å². The third-order valence-corrected chi connectivity index (χ3v) is 2.86. The minimum absolute atomic E-state index is 0.0789. The lowest BCUT2D eigenvalue weighted by atomic mass is 10.0. The largest absolute Gasteiger partial charge is 0.479 e. The van der Waals surface area contributed by atoms with E-state index in [0.29, 0.717) is 13.2 Å². The van der Waals surface area contributed by atoms with Gasteiger partial charge in [-0.25, -0.2) is 4.79 Å². The summed E-state index contributed by atoms with van der Waals surface area (Å²) in [5.41, 5.74) is -1.95. The van der Waals surface area contributed by atoms with Crippen LogP contribution in [0.15, 0.2) is 0 Å². The number of rotatable bonds is 5. The molecule has 7 heteroatoms. The SMILES string of the molecule is CNC1COCC1C(=O)NCC(C)(O)C(=O)O. The van der Waals surface area contributed by atoms with Crippen LogP contribution < -0.4 is 10.6 Å². The number of carbonyl (C=O) groups excluding carboxylic acids is 1.